The van der Waals surface area contributed by atoms with Crippen LogP contribution in [0.15, 0.2) is 0 Å². The largest absolute Gasteiger partial charge is 0.393 e. The van der Waals surface area contributed by atoms with Crippen molar-refractivity contribution in [1.82, 2.24) is 0 Å². The molecular weight excluding hydrogens is 295 g/mol. The van der Waals surface area contributed by atoms with Gasteiger partial charge in [-0.25, -0.2) is 4.39 Å². The SMILES string of the molecule is CC12CC(O)C3C(C(O)CC4CC(F)CCC43C)C1CCC2=O. The van der Waals surface area contributed by atoms with Gasteiger partial charge in [-0.15, -0.1) is 0 Å². The normalized spacial score (nSPS) is 59.2. The minimum Gasteiger partial charge on any atom is -0.393 e. The van der Waals surface area contributed by atoms with Crippen molar-refractivity contribution < 1.29 is 19.4 Å². The second-order valence-corrected chi connectivity index (χ2v) is 9.24. The van der Waals surface area contributed by atoms with Crippen LogP contribution in [0.1, 0.15) is 58.8 Å². The van der Waals surface area contributed by atoms with Crippen molar-refractivity contribution in [1.29, 1.82) is 0 Å². The number of alkyl halides is 1. The molecule has 3 nitrogen and oxygen atoms in total. The summed E-state index contributed by atoms with van der Waals surface area (Å²) < 4.78 is 13.9. The van der Waals surface area contributed by atoms with Crippen LogP contribution in [0.4, 0.5) is 4.39 Å². The molecule has 4 aliphatic carbocycles. The lowest BCUT2D eigenvalue weighted by atomic mass is 9.44. The number of rotatable bonds is 0. The highest BCUT2D eigenvalue weighted by Gasteiger charge is 2.65. The average Bonchev–Trinajstić information content (AvgIpc) is 2.76. The van der Waals surface area contributed by atoms with Crippen LogP contribution in [0.5, 0.6) is 0 Å². The molecular formula is C19H29FO3. The summed E-state index contributed by atoms with van der Waals surface area (Å²) in [6, 6.07) is 0. The Morgan fingerprint density at radius 3 is 2.61 bits per heavy atom. The summed E-state index contributed by atoms with van der Waals surface area (Å²) in [5, 5.41) is 21.8. The first kappa shape index (κ1) is 16.0. The Balaban J connectivity index is 1.74. The number of aliphatic hydroxyl groups excluding tert-OH is 2. The van der Waals surface area contributed by atoms with Gasteiger partial charge in [0.2, 0.25) is 0 Å². The van der Waals surface area contributed by atoms with E-state index in [0.717, 1.165) is 12.8 Å². The van der Waals surface area contributed by atoms with Gasteiger partial charge in [0.05, 0.1) is 12.2 Å². The van der Waals surface area contributed by atoms with E-state index in [1.165, 1.54) is 0 Å². The van der Waals surface area contributed by atoms with Gasteiger partial charge in [0, 0.05) is 11.8 Å². The summed E-state index contributed by atoms with van der Waals surface area (Å²) in [7, 11) is 0. The maximum absolute atomic E-state index is 13.9. The molecule has 0 radical (unpaired) electrons. The summed E-state index contributed by atoms with van der Waals surface area (Å²) in [6.07, 6.45) is 2.62. The van der Waals surface area contributed by atoms with E-state index < -0.39 is 23.8 Å². The Morgan fingerprint density at radius 2 is 1.87 bits per heavy atom. The molecule has 4 heteroatoms. The van der Waals surface area contributed by atoms with Crippen molar-refractivity contribution in [2.45, 2.75) is 77.2 Å². The van der Waals surface area contributed by atoms with E-state index >= 15 is 0 Å². The van der Waals surface area contributed by atoms with Crippen molar-refractivity contribution in [3.63, 3.8) is 0 Å². The number of carbonyl (C=O) groups excluding carboxylic acids is 1. The third-order valence-electron chi connectivity index (χ3n) is 8.27. The molecule has 0 bridgehead atoms. The maximum atomic E-state index is 13.9. The molecule has 9 atom stereocenters. The highest BCUT2D eigenvalue weighted by Crippen LogP contribution is 2.65. The van der Waals surface area contributed by atoms with Crippen LogP contribution in [0.25, 0.3) is 0 Å². The zero-order valence-corrected chi connectivity index (χ0v) is 14.2. The van der Waals surface area contributed by atoms with Crippen LogP contribution >= 0.6 is 0 Å². The van der Waals surface area contributed by atoms with Crippen molar-refractivity contribution in [2.75, 3.05) is 0 Å². The Kier molecular flexibility index (Phi) is 3.49. The minimum atomic E-state index is -0.768. The molecule has 130 valence electrons. The lowest BCUT2D eigenvalue weighted by Crippen LogP contribution is -2.62. The smallest absolute Gasteiger partial charge is 0.139 e. The molecule has 0 saturated heterocycles. The number of carbonyl (C=O) groups is 1. The highest BCUT2D eigenvalue weighted by molar-refractivity contribution is 5.87. The predicted octanol–water partition coefficient (Wildman–Crippen LogP) is 2.88. The lowest BCUT2D eigenvalue weighted by molar-refractivity contribution is -0.204. The van der Waals surface area contributed by atoms with Crippen molar-refractivity contribution in [3.8, 4) is 0 Å². The first-order chi connectivity index (χ1) is 10.8. The molecule has 4 rings (SSSR count). The molecule has 4 fully saturated rings. The van der Waals surface area contributed by atoms with E-state index in [4.69, 9.17) is 0 Å². The number of ketones is 1. The second kappa shape index (κ2) is 5.01. The van der Waals surface area contributed by atoms with E-state index in [-0.39, 0.29) is 34.9 Å². The Bertz CT molecular complexity index is 523. The Hall–Kier alpha value is -0.480. The van der Waals surface area contributed by atoms with Gasteiger partial charge in [-0.1, -0.05) is 13.8 Å². The molecule has 0 spiro atoms. The van der Waals surface area contributed by atoms with Gasteiger partial charge in [0.15, 0.2) is 0 Å². The van der Waals surface area contributed by atoms with Gasteiger partial charge in [-0.05, 0) is 67.6 Å². The highest BCUT2D eigenvalue weighted by atomic mass is 19.1. The summed E-state index contributed by atoms with van der Waals surface area (Å²) >= 11 is 0. The van der Waals surface area contributed by atoms with E-state index in [1.807, 2.05) is 6.92 Å². The Morgan fingerprint density at radius 1 is 1.13 bits per heavy atom. The number of Topliss-reactive ketones (excluding diaryl/α,β-unsaturated/α-hetero) is 1. The zero-order valence-electron chi connectivity index (χ0n) is 14.2. The van der Waals surface area contributed by atoms with Gasteiger partial charge < -0.3 is 10.2 Å². The van der Waals surface area contributed by atoms with Gasteiger partial charge in [0.25, 0.3) is 0 Å². The minimum absolute atomic E-state index is 0.00684. The van der Waals surface area contributed by atoms with Gasteiger partial charge in [-0.3, -0.25) is 4.79 Å². The molecule has 0 amide bonds. The fraction of sp³-hybridized carbons (Fsp3) is 0.947. The fourth-order valence-electron chi connectivity index (χ4n) is 7.06. The van der Waals surface area contributed by atoms with Crippen molar-refractivity contribution >= 4 is 5.78 Å². The molecule has 4 saturated carbocycles. The summed E-state index contributed by atoms with van der Waals surface area (Å²) in [4.78, 5) is 12.4. The molecule has 0 aromatic carbocycles. The first-order valence-electron chi connectivity index (χ1n) is 9.31. The third-order valence-corrected chi connectivity index (χ3v) is 8.27. The monoisotopic (exact) mass is 324 g/mol. The van der Waals surface area contributed by atoms with Crippen LogP contribution in [0.2, 0.25) is 0 Å². The topological polar surface area (TPSA) is 57.5 Å². The molecule has 0 aliphatic heterocycles. The number of fused-ring (bicyclic) bond motifs is 5. The number of hydrogen-bond acceptors (Lipinski definition) is 3. The molecule has 4 aliphatic rings. The van der Waals surface area contributed by atoms with Gasteiger partial charge >= 0.3 is 0 Å². The lowest BCUT2D eigenvalue weighted by Gasteiger charge is -2.62. The van der Waals surface area contributed by atoms with Crippen LogP contribution in [-0.4, -0.2) is 34.4 Å². The van der Waals surface area contributed by atoms with Crippen molar-refractivity contribution in [2.24, 2.45) is 34.5 Å². The first-order valence-corrected chi connectivity index (χ1v) is 9.31. The molecule has 0 aromatic rings. The average molecular weight is 324 g/mol. The second-order valence-electron chi connectivity index (χ2n) is 9.24. The maximum Gasteiger partial charge on any atom is 0.139 e. The molecule has 0 aromatic heterocycles. The van der Waals surface area contributed by atoms with E-state index in [9.17, 15) is 19.4 Å². The predicted molar refractivity (Wildman–Crippen MR) is 84.4 cm³/mol. The van der Waals surface area contributed by atoms with E-state index in [0.29, 0.717) is 32.1 Å². The number of hydrogen-bond donors (Lipinski definition) is 2. The number of halogens is 1. The van der Waals surface area contributed by atoms with Crippen LogP contribution in [0, 0.1) is 34.5 Å². The molecule has 9 unspecified atom stereocenters. The van der Waals surface area contributed by atoms with Crippen LogP contribution in [-0.2, 0) is 4.79 Å². The van der Waals surface area contributed by atoms with Crippen LogP contribution < -0.4 is 0 Å². The summed E-state index contributed by atoms with van der Waals surface area (Å²) in [6.45, 7) is 4.20. The van der Waals surface area contributed by atoms with Gasteiger partial charge in [0.1, 0.15) is 12.0 Å². The molecule has 23 heavy (non-hydrogen) atoms. The summed E-state index contributed by atoms with van der Waals surface area (Å²) in [5.41, 5.74) is -0.569. The van der Waals surface area contributed by atoms with E-state index in [1.54, 1.807) is 0 Å². The standard InChI is InChI=1S/C19H29FO3/c1-18-6-5-11(20)7-10(18)8-13(21)16-12-3-4-15(23)19(12,2)9-14(22)17(16)18/h10-14,16-17,21-22H,3-9H2,1-2H3. The number of aliphatic hydroxyl groups is 2. The Labute approximate surface area is 137 Å². The molecule has 0 heterocycles. The quantitative estimate of drug-likeness (QED) is 0.720. The van der Waals surface area contributed by atoms with Crippen molar-refractivity contribution in [3.05, 3.63) is 0 Å². The summed E-state index contributed by atoms with van der Waals surface area (Å²) in [5.74, 6) is 0.588. The van der Waals surface area contributed by atoms with Gasteiger partial charge in [-0.2, -0.15) is 0 Å². The van der Waals surface area contributed by atoms with E-state index in [2.05, 4.69) is 6.92 Å². The fourth-order valence-corrected chi connectivity index (χ4v) is 7.06. The third kappa shape index (κ3) is 2.03. The molecule has 2 N–H and O–H groups in total. The van der Waals surface area contributed by atoms with Crippen LogP contribution in [0.3, 0.4) is 0 Å². The zero-order chi connectivity index (χ0) is 16.6.